The van der Waals surface area contributed by atoms with Crippen LogP contribution in [-0.2, 0) is 20.1 Å². The summed E-state index contributed by atoms with van der Waals surface area (Å²) in [5.41, 5.74) is 9.81. The number of anilines is 2. The van der Waals surface area contributed by atoms with E-state index in [0.717, 1.165) is 60.1 Å². The van der Waals surface area contributed by atoms with Crippen molar-refractivity contribution in [1.29, 1.82) is 0 Å². The first-order valence-corrected chi connectivity index (χ1v) is 17.6. The van der Waals surface area contributed by atoms with Gasteiger partial charge < -0.3 is 20.7 Å². The summed E-state index contributed by atoms with van der Waals surface area (Å²) in [6, 6.07) is 18.5. The van der Waals surface area contributed by atoms with Crippen LogP contribution in [0.1, 0.15) is 86.2 Å². The molecule has 2 saturated heterocycles. The predicted molar refractivity (Wildman–Crippen MR) is 191 cm³/mol. The number of nitrogens with one attached hydrogen (secondary N) is 1. The molecule has 47 heavy (non-hydrogen) atoms. The van der Waals surface area contributed by atoms with Gasteiger partial charge in [-0.3, -0.25) is 19.3 Å². The highest BCUT2D eigenvalue weighted by molar-refractivity contribution is 7.96. The minimum Gasteiger partial charge on any atom is -0.372 e. The highest BCUT2D eigenvalue weighted by atomic mass is 32.2. The Morgan fingerprint density at radius 1 is 1.04 bits per heavy atom. The molecule has 1 unspecified atom stereocenters. The highest BCUT2D eigenvalue weighted by Crippen LogP contribution is 2.44. The smallest absolute Gasteiger partial charge is 0.259 e. The molecule has 3 heterocycles. The summed E-state index contributed by atoms with van der Waals surface area (Å²) in [5.74, 6) is 1.24. The number of hydrogen-bond donors (Lipinski definition) is 2. The average Bonchev–Trinajstić information content (AvgIpc) is 3.37. The third kappa shape index (κ3) is 7.49. The topological polar surface area (TPSA) is 116 Å². The van der Waals surface area contributed by atoms with E-state index >= 15 is 0 Å². The standard InChI is InChI=1S/C36H44N4O3S.CH3NO/c1-36(2)18-4-5-19-39(36)44-24-25-8-6-9-27(22-25)26-16-20-38(21-17-26)31-13-14-32-34-29(31)10-7-11-30(34)35(43)40(32)28(23-41)12-15-33(42)37-3;2-1-3/h6-11,13-14,22-23,26,28H,4-5,12,15-21,24H2,1-3H3,(H,37,42);1H,(H2,2,3). The molecule has 0 bridgehead atoms. The number of primary amides is 1. The van der Waals surface area contributed by atoms with Crippen molar-refractivity contribution >= 4 is 58.6 Å². The van der Waals surface area contributed by atoms with Crippen LogP contribution >= 0.6 is 11.9 Å². The molecule has 3 N–H and O–H groups in total. The molecule has 2 fully saturated rings. The maximum atomic E-state index is 13.5. The average molecular weight is 658 g/mol. The summed E-state index contributed by atoms with van der Waals surface area (Å²) >= 11 is 1.99. The number of hydrogen-bond acceptors (Lipinski definition) is 7. The minimum atomic E-state index is -0.683. The van der Waals surface area contributed by atoms with Gasteiger partial charge in [0.2, 0.25) is 12.3 Å². The van der Waals surface area contributed by atoms with Crippen molar-refractivity contribution < 1.29 is 19.2 Å². The third-order valence-corrected chi connectivity index (χ3v) is 11.3. The van der Waals surface area contributed by atoms with Gasteiger partial charge in [0.15, 0.2) is 0 Å². The second kappa shape index (κ2) is 15.3. The molecule has 0 spiro atoms. The van der Waals surface area contributed by atoms with Crippen molar-refractivity contribution in [3.8, 4) is 0 Å². The number of benzene rings is 3. The zero-order valence-corrected chi connectivity index (χ0v) is 28.6. The fraction of sp³-hybridized carbons (Fsp3) is 0.459. The molecule has 3 aliphatic rings. The van der Waals surface area contributed by atoms with Crippen LogP contribution in [-0.4, -0.2) is 67.1 Å². The molecule has 0 radical (unpaired) electrons. The number of carbonyl (C=O) groups is 4. The molecule has 3 aromatic rings. The molecule has 250 valence electrons. The van der Waals surface area contributed by atoms with Crippen LogP contribution in [0.2, 0.25) is 0 Å². The predicted octanol–water partition coefficient (Wildman–Crippen LogP) is 5.79. The van der Waals surface area contributed by atoms with Gasteiger partial charge in [0.25, 0.3) is 5.91 Å². The number of rotatable bonds is 10. The van der Waals surface area contributed by atoms with E-state index in [-0.39, 0.29) is 36.6 Å². The van der Waals surface area contributed by atoms with E-state index in [1.165, 1.54) is 36.9 Å². The zero-order chi connectivity index (χ0) is 33.6. The van der Waals surface area contributed by atoms with Crippen LogP contribution in [0, 0.1) is 0 Å². The quantitative estimate of drug-likeness (QED) is 0.209. The number of nitrogens with two attached hydrogens (primary N) is 1. The lowest BCUT2D eigenvalue weighted by Crippen LogP contribution is -2.42. The van der Waals surface area contributed by atoms with Crippen LogP contribution in [0.5, 0.6) is 0 Å². The number of piperidine rings is 2. The first-order valence-electron chi connectivity index (χ1n) is 16.7. The van der Waals surface area contributed by atoms with Crippen molar-refractivity contribution in [2.24, 2.45) is 5.73 Å². The van der Waals surface area contributed by atoms with Gasteiger partial charge in [0.05, 0.1) is 11.7 Å². The molecule has 10 heteroatoms. The van der Waals surface area contributed by atoms with E-state index < -0.39 is 6.04 Å². The Morgan fingerprint density at radius 2 is 1.77 bits per heavy atom. The Bertz CT molecular complexity index is 1600. The summed E-state index contributed by atoms with van der Waals surface area (Å²) in [6.07, 6.45) is 7.57. The van der Waals surface area contributed by atoms with E-state index in [9.17, 15) is 14.4 Å². The molecule has 0 aromatic heterocycles. The molecule has 9 nitrogen and oxygen atoms in total. The SMILES string of the molecule is CNC(=O)CCC(C=O)N1C(=O)c2cccc3c(N4CCC(c5cccc(CSN6CCCCC6(C)C)c5)CC4)ccc1c23.NC=O. The van der Waals surface area contributed by atoms with Crippen molar-refractivity contribution in [2.45, 2.75) is 82.0 Å². The Balaban J connectivity index is 0.00000139. The van der Waals surface area contributed by atoms with Gasteiger partial charge in [-0.15, -0.1) is 0 Å². The molecular formula is C37H47N5O4S. The largest absolute Gasteiger partial charge is 0.372 e. The summed E-state index contributed by atoms with van der Waals surface area (Å²) < 4.78 is 2.59. The van der Waals surface area contributed by atoms with Crippen LogP contribution in [0.3, 0.4) is 0 Å². The van der Waals surface area contributed by atoms with E-state index in [0.29, 0.717) is 11.5 Å². The Morgan fingerprint density at radius 3 is 2.47 bits per heavy atom. The number of carbonyl (C=O) groups excluding carboxylic acids is 4. The van der Waals surface area contributed by atoms with Crippen molar-refractivity contribution in [3.63, 3.8) is 0 Å². The highest BCUT2D eigenvalue weighted by Gasteiger charge is 2.36. The lowest BCUT2D eigenvalue weighted by Gasteiger charge is -2.41. The Hall–Kier alpha value is -3.89. The second-order valence-electron chi connectivity index (χ2n) is 13.2. The fourth-order valence-electron chi connectivity index (χ4n) is 7.28. The second-order valence-corrected chi connectivity index (χ2v) is 14.2. The summed E-state index contributed by atoms with van der Waals surface area (Å²) in [4.78, 5) is 50.1. The van der Waals surface area contributed by atoms with Gasteiger partial charge in [-0.1, -0.05) is 54.8 Å². The van der Waals surface area contributed by atoms with Gasteiger partial charge >= 0.3 is 0 Å². The van der Waals surface area contributed by atoms with Crippen LogP contribution in [0.15, 0.2) is 54.6 Å². The van der Waals surface area contributed by atoms with Crippen molar-refractivity contribution in [1.82, 2.24) is 9.62 Å². The van der Waals surface area contributed by atoms with Crippen LogP contribution < -0.4 is 20.9 Å². The van der Waals surface area contributed by atoms with E-state index in [1.54, 1.807) is 11.9 Å². The lowest BCUT2D eigenvalue weighted by atomic mass is 9.88. The first-order chi connectivity index (χ1) is 22.7. The molecule has 6 rings (SSSR count). The lowest BCUT2D eigenvalue weighted by molar-refractivity contribution is -0.120. The van der Waals surface area contributed by atoms with E-state index in [1.807, 2.05) is 30.1 Å². The number of amides is 3. The molecule has 0 saturated carbocycles. The monoisotopic (exact) mass is 657 g/mol. The Labute approximate surface area is 282 Å². The van der Waals surface area contributed by atoms with E-state index in [2.05, 4.69) is 70.5 Å². The fourth-order valence-corrected chi connectivity index (χ4v) is 8.46. The number of aldehydes is 1. The molecule has 1 atom stereocenters. The molecule has 3 amide bonds. The summed E-state index contributed by atoms with van der Waals surface area (Å²) in [5, 5.41) is 4.55. The van der Waals surface area contributed by atoms with Crippen LogP contribution in [0.25, 0.3) is 10.8 Å². The van der Waals surface area contributed by atoms with Gasteiger partial charge in [-0.05, 0) is 81.2 Å². The van der Waals surface area contributed by atoms with Crippen molar-refractivity contribution in [3.05, 3.63) is 71.3 Å². The van der Waals surface area contributed by atoms with E-state index in [4.69, 9.17) is 4.79 Å². The third-order valence-electron chi connectivity index (χ3n) is 9.86. The van der Waals surface area contributed by atoms with Gasteiger partial charge in [-0.25, -0.2) is 4.31 Å². The Kier molecular flexibility index (Phi) is 11.2. The summed E-state index contributed by atoms with van der Waals surface area (Å²) in [6.45, 7) is 7.82. The normalized spacial score (nSPS) is 18.4. The van der Waals surface area contributed by atoms with Gasteiger partial charge in [0.1, 0.15) is 6.29 Å². The molecule has 3 aromatic carbocycles. The summed E-state index contributed by atoms with van der Waals surface area (Å²) in [7, 11) is 1.58. The van der Waals surface area contributed by atoms with Gasteiger partial charge in [0, 0.05) is 66.4 Å². The zero-order valence-electron chi connectivity index (χ0n) is 27.7. The maximum Gasteiger partial charge on any atom is 0.259 e. The van der Waals surface area contributed by atoms with Crippen LogP contribution in [0.4, 0.5) is 11.4 Å². The molecule has 0 aliphatic carbocycles. The first kappa shape index (κ1) is 34.4. The van der Waals surface area contributed by atoms with Gasteiger partial charge in [-0.2, -0.15) is 0 Å². The maximum absolute atomic E-state index is 13.5. The molecule has 3 aliphatic heterocycles. The number of nitrogens with zero attached hydrogens (tertiary/aromatic N) is 3. The minimum absolute atomic E-state index is 0.142. The van der Waals surface area contributed by atoms with Crippen molar-refractivity contribution in [2.75, 3.05) is 36.5 Å². The molecular weight excluding hydrogens is 611 g/mol.